The van der Waals surface area contributed by atoms with Crippen LogP contribution in [0.4, 0.5) is 5.69 Å². The second kappa shape index (κ2) is 7.42. The van der Waals surface area contributed by atoms with E-state index in [2.05, 4.69) is 21.2 Å². The third-order valence-electron chi connectivity index (χ3n) is 2.82. The zero-order chi connectivity index (χ0) is 15.6. The lowest BCUT2D eigenvalue weighted by atomic mass is 10.1. The van der Waals surface area contributed by atoms with E-state index in [1.807, 2.05) is 26.0 Å². The molecule has 1 heterocycles. The molecule has 0 radical (unpaired) electrons. The Hall–Kier alpha value is -0.130. The largest absolute Gasteiger partial charge is 0.491 e. The van der Waals surface area contributed by atoms with Crippen LogP contribution in [0.25, 0.3) is 0 Å². The minimum atomic E-state index is -0.0224. The van der Waals surface area contributed by atoms with Gasteiger partial charge in [-0.25, -0.2) is 0 Å². The van der Waals surface area contributed by atoms with Crippen LogP contribution in [-0.4, -0.2) is 6.61 Å². The van der Waals surface area contributed by atoms with Crippen LogP contribution in [0.1, 0.15) is 25.5 Å². The molecule has 7 heteroatoms. The van der Waals surface area contributed by atoms with Gasteiger partial charge in [0.1, 0.15) is 0 Å². The normalized spacial score (nSPS) is 12.3. The molecule has 1 atom stereocenters. The molecule has 2 nitrogen and oxygen atoms in total. The number of nitrogens with one attached hydrogen (secondary N) is 1. The summed E-state index contributed by atoms with van der Waals surface area (Å²) >= 11 is 23.1. The highest BCUT2D eigenvalue weighted by molar-refractivity contribution is 9.10. The summed E-state index contributed by atoms with van der Waals surface area (Å²) < 4.78 is 7.82. The van der Waals surface area contributed by atoms with E-state index in [4.69, 9.17) is 39.5 Å². The number of thiophene rings is 1. The smallest absolute Gasteiger partial charge is 0.156 e. The number of halogens is 4. The predicted molar refractivity (Wildman–Crippen MR) is 96.7 cm³/mol. The van der Waals surface area contributed by atoms with E-state index in [0.717, 1.165) is 21.5 Å². The van der Waals surface area contributed by atoms with Gasteiger partial charge in [0.15, 0.2) is 5.75 Å². The Kier molecular flexibility index (Phi) is 6.09. The van der Waals surface area contributed by atoms with Gasteiger partial charge in [-0.2, -0.15) is 0 Å². The maximum Gasteiger partial charge on any atom is 0.156 e. The predicted octanol–water partition coefficient (Wildman–Crippen LogP) is 7.04. The molecule has 0 amide bonds. The highest BCUT2D eigenvalue weighted by Gasteiger charge is 2.17. The Morgan fingerprint density at radius 2 is 2.00 bits per heavy atom. The van der Waals surface area contributed by atoms with E-state index in [1.54, 1.807) is 6.07 Å². The molecule has 1 unspecified atom stereocenters. The molecule has 21 heavy (non-hydrogen) atoms. The summed E-state index contributed by atoms with van der Waals surface area (Å²) in [5.74, 6) is 0.728. The average molecular weight is 430 g/mol. The fraction of sp³-hybridized carbons (Fsp3) is 0.286. The van der Waals surface area contributed by atoms with Gasteiger partial charge in [-0.15, -0.1) is 11.3 Å². The second-order valence-electron chi connectivity index (χ2n) is 4.34. The first-order valence-electron chi connectivity index (χ1n) is 6.25. The lowest BCUT2D eigenvalue weighted by Gasteiger charge is -2.19. The van der Waals surface area contributed by atoms with Crippen LogP contribution < -0.4 is 10.1 Å². The van der Waals surface area contributed by atoms with Gasteiger partial charge in [-0.1, -0.05) is 34.8 Å². The van der Waals surface area contributed by atoms with Gasteiger partial charge in [0.05, 0.1) is 31.5 Å². The second-order valence-corrected chi connectivity index (χ2v) is 7.92. The minimum absolute atomic E-state index is 0.0224. The third-order valence-corrected chi connectivity index (χ3v) is 5.14. The number of benzene rings is 1. The fourth-order valence-electron chi connectivity index (χ4n) is 1.92. The molecule has 1 aromatic carbocycles. The molecule has 0 bridgehead atoms. The zero-order valence-electron chi connectivity index (χ0n) is 11.3. The molecule has 1 N–H and O–H groups in total. The van der Waals surface area contributed by atoms with Crippen LogP contribution in [0.3, 0.4) is 0 Å². The van der Waals surface area contributed by atoms with Crippen LogP contribution in [0.5, 0.6) is 5.75 Å². The van der Waals surface area contributed by atoms with Crippen molar-refractivity contribution in [1.29, 1.82) is 0 Å². The zero-order valence-corrected chi connectivity index (χ0v) is 16.0. The third kappa shape index (κ3) is 4.20. The Morgan fingerprint density at radius 1 is 1.29 bits per heavy atom. The fourth-order valence-corrected chi connectivity index (χ4v) is 4.49. The first-order chi connectivity index (χ1) is 9.92. The number of rotatable bonds is 5. The molecule has 0 aliphatic carbocycles. The number of ether oxygens (including phenoxy) is 1. The van der Waals surface area contributed by atoms with Gasteiger partial charge in [-0.3, -0.25) is 0 Å². The molecule has 114 valence electrons. The molecule has 0 aliphatic heterocycles. The molecule has 0 saturated carbocycles. The maximum atomic E-state index is 6.20. The Labute approximate surface area is 151 Å². The van der Waals surface area contributed by atoms with Crippen molar-refractivity contribution in [1.82, 2.24) is 0 Å². The van der Waals surface area contributed by atoms with Gasteiger partial charge in [-0.05, 0) is 48.0 Å². The van der Waals surface area contributed by atoms with Gasteiger partial charge >= 0.3 is 0 Å². The summed E-state index contributed by atoms with van der Waals surface area (Å²) in [5.41, 5.74) is 1.76. The Morgan fingerprint density at radius 3 is 2.57 bits per heavy atom. The quantitative estimate of drug-likeness (QED) is 0.550. The standard InChI is InChI=1S/C14H13BrCl3NOS/c1-3-20-13-10(15)4-8(16)5-11(13)19-7(2)9-6-12(17)21-14(9)18/h4-7,19H,3H2,1-2H3. The van der Waals surface area contributed by atoms with Gasteiger partial charge in [0.25, 0.3) is 0 Å². The molecule has 2 aromatic rings. The maximum absolute atomic E-state index is 6.20. The van der Waals surface area contributed by atoms with Crippen LogP contribution in [0.2, 0.25) is 13.7 Å². The summed E-state index contributed by atoms with van der Waals surface area (Å²) in [6, 6.07) is 5.48. The molecular weight excluding hydrogens is 416 g/mol. The lowest BCUT2D eigenvalue weighted by molar-refractivity contribution is 0.339. The summed E-state index contributed by atoms with van der Waals surface area (Å²) in [6.45, 7) is 4.51. The van der Waals surface area contributed by atoms with Crippen LogP contribution in [0.15, 0.2) is 22.7 Å². The number of anilines is 1. The van der Waals surface area contributed by atoms with Crippen molar-refractivity contribution >= 4 is 67.8 Å². The van der Waals surface area contributed by atoms with Crippen molar-refractivity contribution in [2.75, 3.05) is 11.9 Å². The molecule has 0 aliphatic rings. The molecular formula is C14H13BrCl3NOS. The topological polar surface area (TPSA) is 21.3 Å². The molecule has 0 saturated heterocycles. The van der Waals surface area contributed by atoms with E-state index >= 15 is 0 Å². The van der Waals surface area contributed by atoms with Gasteiger partial charge in [0, 0.05) is 10.6 Å². The first kappa shape index (κ1) is 17.2. The van der Waals surface area contributed by atoms with E-state index in [-0.39, 0.29) is 6.04 Å². The Bertz CT molecular complexity index is 647. The SMILES string of the molecule is CCOc1c(Br)cc(Cl)cc1NC(C)c1cc(Cl)sc1Cl. The molecule has 1 aromatic heterocycles. The van der Waals surface area contributed by atoms with E-state index in [9.17, 15) is 0 Å². The van der Waals surface area contributed by atoms with Crippen LogP contribution >= 0.6 is 62.1 Å². The first-order valence-corrected chi connectivity index (χ1v) is 8.99. The Balaban J connectivity index is 2.32. The summed E-state index contributed by atoms with van der Waals surface area (Å²) in [7, 11) is 0. The van der Waals surface area contributed by atoms with Crippen molar-refractivity contribution in [3.63, 3.8) is 0 Å². The highest BCUT2D eigenvalue weighted by atomic mass is 79.9. The molecule has 0 spiro atoms. The monoisotopic (exact) mass is 427 g/mol. The molecule has 2 rings (SSSR count). The van der Waals surface area contributed by atoms with Crippen LogP contribution in [0, 0.1) is 0 Å². The van der Waals surface area contributed by atoms with E-state index in [1.165, 1.54) is 11.3 Å². The number of hydrogen-bond acceptors (Lipinski definition) is 3. The van der Waals surface area contributed by atoms with Crippen LogP contribution in [-0.2, 0) is 0 Å². The lowest BCUT2D eigenvalue weighted by Crippen LogP contribution is -2.08. The van der Waals surface area contributed by atoms with E-state index < -0.39 is 0 Å². The minimum Gasteiger partial charge on any atom is -0.491 e. The van der Waals surface area contributed by atoms with Crippen molar-refractivity contribution in [2.45, 2.75) is 19.9 Å². The van der Waals surface area contributed by atoms with Crippen molar-refractivity contribution in [3.8, 4) is 5.75 Å². The summed E-state index contributed by atoms with van der Waals surface area (Å²) in [6.07, 6.45) is 0. The van der Waals surface area contributed by atoms with Crippen molar-refractivity contribution in [2.24, 2.45) is 0 Å². The summed E-state index contributed by atoms with van der Waals surface area (Å²) in [5, 5.41) is 3.99. The van der Waals surface area contributed by atoms with Gasteiger partial charge in [0.2, 0.25) is 0 Å². The van der Waals surface area contributed by atoms with Crippen molar-refractivity contribution in [3.05, 3.63) is 41.9 Å². The number of hydrogen-bond donors (Lipinski definition) is 1. The highest BCUT2D eigenvalue weighted by Crippen LogP contribution is 2.40. The molecule has 0 fully saturated rings. The van der Waals surface area contributed by atoms with E-state index in [0.29, 0.717) is 20.3 Å². The average Bonchev–Trinajstić information content (AvgIpc) is 2.72. The van der Waals surface area contributed by atoms with Gasteiger partial charge < -0.3 is 10.1 Å². The summed E-state index contributed by atoms with van der Waals surface area (Å²) in [4.78, 5) is 0. The van der Waals surface area contributed by atoms with Crippen molar-refractivity contribution < 1.29 is 4.74 Å².